The highest BCUT2D eigenvalue weighted by atomic mass is 35.5. The molecule has 0 saturated carbocycles. The number of sulfonamides is 1. The highest BCUT2D eigenvalue weighted by molar-refractivity contribution is 7.89. The molecule has 6 heteroatoms. The Labute approximate surface area is 111 Å². The molecule has 0 unspecified atom stereocenters. The molecule has 0 saturated heterocycles. The number of rotatable bonds is 6. The van der Waals surface area contributed by atoms with Crippen molar-refractivity contribution in [3.05, 3.63) is 54.3 Å². The molecule has 18 heavy (non-hydrogen) atoms. The third-order valence-corrected chi connectivity index (χ3v) is 4.28. The average Bonchev–Trinajstić information content (AvgIpc) is 2.28. The summed E-state index contributed by atoms with van der Waals surface area (Å²) in [5, 5.41) is 0.144. The number of hydrogen-bond acceptors (Lipinski definition) is 2. The van der Waals surface area contributed by atoms with Crippen LogP contribution in [0.1, 0.15) is 0 Å². The molecule has 0 amide bonds. The summed E-state index contributed by atoms with van der Waals surface area (Å²) >= 11 is 5.59. The van der Waals surface area contributed by atoms with Gasteiger partial charge < -0.3 is 0 Å². The van der Waals surface area contributed by atoms with Gasteiger partial charge in [-0.15, -0.1) is 13.2 Å². The predicted octanol–water partition coefficient (Wildman–Crippen LogP) is 2.84. The summed E-state index contributed by atoms with van der Waals surface area (Å²) in [6, 6.07) is 3.44. The van der Waals surface area contributed by atoms with Crippen LogP contribution in [0, 0.1) is 5.82 Å². The lowest BCUT2D eigenvalue weighted by atomic mass is 10.3. The normalized spacial score (nSPS) is 11.5. The molecule has 1 aromatic rings. The topological polar surface area (TPSA) is 37.4 Å². The van der Waals surface area contributed by atoms with Gasteiger partial charge in [0, 0.05) is 18.1 Å². The van der Waals surface area contributed by atoms with Gasteiger partial charge in [-0.25, -0.2) is 12.8 Å². The molecule has 0 aromatic heterocycles. The van der Waals surface area contributed by atoms with Crippen LogP contribution in [-0.4, -0.2) is 25.8 Å². The average molecular weight is 290 g/mol. The first-order valence-corrected chi connectivity index (χ1v) is 6.92. The lowest BCUT2D eigenvalue weighted by molar-refractivity contribution is 0.467. The van der Waals surface area contributed by atoms with Crippen molar-refractivity contribution >= 4 is 21.6 Å². The Morgan fingerprint density at radius 2 is 1.83 bits per heavy atom. The molecule has 0 aliphatic carbocycles. The Morgan fingerprint density at radius 3 is 2.28 bits per heavy atom. The molecule has 0 bridgehead atoms. The van der Waals surface area contributed by atoms with Crippen LogP contribution < -0.4 is 0 Å². The summed E-state index contributed by atoms with van der Waals surface area (Å²) in [7, 11) is -3.92. The highest BCUT2D eigenvalue weighted by Crippen LogP contribution is 2.22. The van der Waals surface area contributed by atoms with Crippen LogP contribution in [-0.2, 0) is 10.0 Å². The third-order valence-electron chi connectivity index (χ3n) is 2.18. The van der Waals surface area contributed by atoms with Crippen LogP contribution in [0.2, 0.25) is 5.02 Å². The molecule has 0 N–H and O–H groups in total. The van der Waals surface area contributed by atoms with E-state index in [9.17, 15) is 12.8 Å². The molecule has 1 rings (SSSR count). The largest absolute Gasteiger partial charge is 0.246 e. The summed E-state index contributed by atoms with van der Waals surface area (Å²) < 4.78 is 39.1. The fraction of sp³-hybridized carbons (Fsp3) is 0.167. The molecule has 0 aliphatic rings. The molecule has 1 aromatic carbocycles. The van der Waals surface area contributed by atoms with Crippen molar-refractivity contribution in [3.63, 3.8) is 0 Å². The van der Waals surface area contributed by atoms with Gasteiger partial charge >= 0.3 is 0 Å². The standard InChI is InChI=1S/C12H13ClFNO2S/c1-3-7-15(8-4-2)18(16,17)12-6-5-10(13)9-11(12)14/h3-6,9H,1-2,7-8H2. The molecule has 0 atom stereocenters. The lowest BCUT2D eigenvalue weighted by Gasteiger charge is -2.19. The fourth-order valence-corrected chi connectivity index (χ4v) is 2.97. The van der Waals surface area contributed by atoms with Crippen LogP contribution in [0.3, 0.4) is 0 Å². The molecule has 0 fully saturated rings. The van der Waals surface area contributed by atoms with Crippen LogP contribution in [0.15, 0.2) is 48.4 Å². The number of nitrogens with zero attached hydrogens (tertiary/aromatic N) is 1. The van der Waals surface area contributed by atoms with Gasteiger partial charge in [0.15, 0.2) is 0 Å². The van der Waals surface area contributed by atoms with Gasteiger partial charge in [0.1, 0.15) is 10.7 Å². The molecule has 0 radical (unpaired) electrons. The number of hydrogen-bond donors (Lipinski definition) is 0. The van der Waals surface area contributed by atoms with E-state index in [0.717, 1.165) is 16.4 Å². The predicted molar refractivity (Wildman–Crippen MR) is 70.6 cm³/mol. The summed E-state index contributed by atoms with van der Waals surface area (Å²) in [5.74, 6) is -0.874. The minimum atomic E-state index is -3.92. The molecule has 98 valence electrons. The minimum Gasteiger partial charge on any atom is -0.207 e. The molecular weight excluding hydrogens is 277 g/mol. The first-order valence-electron chi connectivity index (χ1n) is 5.10. The zero-order valence-corrected chi connectivity index (χ0v) is 11.2. The molecule has 0 aliphatic heterocycles. The number of halogens is 2. The van der Waals surface area contributed by atoms with E-state index in [1.165, 1.54) is 18.2 Å². The lowest BCUT2D eigenvalue weighted by Crippen LogP contribution is -2.32. The summed E-state index contributed by atoms with van der Waals surface area (Å²) in [6.45, 7) is 7.10. The van der Waals surface area contributed by atoms with E-state index in [1.54, 1.807) is 0 Å². The van der Waals surface area contributed by atoms with Crippen molar-refractivity contribution in [2.75, 3.05) is 13.1 Å². The minimum absolute atomic E-state index is 0.0798. The molecule has 0 spiro atoms. The zero-order valence-electron chi connectivity index (χ0n) is 9.64. The van der Waals surface area contributed by atoms with E-state index in [4.69, 9.17) is 11.6 Å². The first-order chi connectivity index (χ1) is 8.43. The van der Waals surface area contributed by atoms with Crippen LogP contribution >= 0.6 is 11.6 Å². The molecule has 3 nitrogen and oxygen atoms in total. The maximum Gasteiger partial charge on any atom is 0.246 e. The smallest absolute Gasteiger partial charge is 0.207 e. The van der Waals surface area contributed by atoms with Gasteiger partial charge in [-0.05, 0) is 18.2 Å². The van der Waals surface area contributed by atoms with E-state index in [0.29, 0.717) is 0 Å². The van der Waals surface area contributed by atoms with Crippen molar-refractivity contribution in [1.82, 2.24) is 4.31 Å². The summed E-state index contributed by atoms with van der Waals surface area (Å²) in [5.41, 5.74) is 0. The van der Waals surface area contributed by atoms with Crippen molar-refractivity contribution in [3.8, 4) is 0 Å². The monoisotopic (exact) mass is 289 g/mol. The van der Waals surface area contributed by atoms with Crippen molar-refractivity contribution in [2.45, 2.75) is 4.90 Å². The molecular formula is C12H13ClFNO2S. The SMILES string of the molecule is C=CCN(CC=C)S(=O)(=O)c1ccc(Cl)cc1F. The highest BCUT2D eigenvalue weighted by Gasteiger charge is 2.25. The fourth-order valence-electron chi connectivity index (χ4n) is 1.38. The Bertz CT molecular complexity index is 547. The van der Waals surface area contributed by atoms with Gasteiger partial charge in [0.2, 0.25) is 10.0 Å². The maximum atomic E-state index is 13.6. The van der Waals surface area contributed by atoms with Gasteiger partial charge in [0.05, 0.1) is 0 Å². The summed E-state index contributed by atoms with van der Waals surface area (Å²) in [6.07, 6.45) is 2.85. The van der Waals surface area contributed by atoms with Crippen LogP contribution in [0.25, 0.3) is 0 Å². The van der Waals surface area contributed by atoms with E-state index in [2.05, 4.69) is 13.2 Å². The van der Waals surface area contributed by atoms with Crippen molar-refractivity contribution < 1.29 is 12.8 Å². The van der Waals surface area contributed by atoms with Crippen molar-refractivity contribution in [1.29, 1.82) is 0 Å². The zero-order chi connectivity index (χ0) is 13.8. The van der Waals surface area contributed by atoms with Gasteiger partial charge in [-0.1, -0.05) is 23.8 Å². The van der Waals surface area contributed by atoms with Crippen LogP contribution in [0.5, 0.6) is 0 Å². The van der Waals surface area contributed by atoms with E-state index < -0.39 is 20.7 Å². The van der Waals surface area contributed by atoms with E-state index in [1.807, 2.05) is 0 Å². The Hall–Kier alpha value is -1.17. The number of benzene rings is 1. The van der Waals surface area contributed by atoms with Gasteiger partial charge in [0.25, 0.3) is 0 Å². The maximum absolute atomic E-state index is 13.6. The third kappa shape index (κ3) is 3.19. The van der Waals surface area contributed by atoms with Crippen LogP contribution in [0.4, 0.5) is 4.39 Å². The second kappa shape index (κ2) is 6.13. The second-order valence-corrected chi connectivity index (χ2v) is 5.82. The van der Waals surface area contributed by atoms with Crippen molar-refractivity contribution in [2.24, 2.45) is 0 Å². The van der Waals surface area contributed by atoms with E-state index >= 15 is 0 Å². The quantitative estimate of drug-likeness (QED) is 0.755. The Morgan fingerprint density at radius 1 is 1.28 bits per heavy atom. The Balaban J connectivity index is 3.25. The van der Waals surface area contributed by atoms with E-state index in [-0.39, 0.29) is 18.1 Å². The second-order valence-electron chi connectivity index (χ2n) is 3.47. The van der Waals surface area contributed by atoms with Gasteiger partial charge in [-0.2, -0.15) is 4.31 Å². The molecule has 0 heterocycles. The first kappa shape index (κ1) is 14.9. The summed E-state index contributed by atoms with van der Waals surface area (Å²) in [4.78, 5) is -0.407. The Kier molecular flexibility index (Phi) is 5.07. The van der Waals surface area contributed by atoms with Gasteiger partial charge in [-0.3, -0.25) is 0 Å².